The second-order valence-electron chi connectivity index (χ2n) is 2.90. The lowest BCUT2D eigenvalue weighted by molar-refractivity contribution is 0.629. The molecule has 0 amide bonds. The van der Waals surface area contributed by atoms with Crippen molar-refractivity contribution in [2.45, 2.75) is 40.5 Å². The van der Waals surface area contributed by atoms with E-state index in [9.17, 15) is 0 Å². The van der Waals surface area contributed by atoms with E-state index in [4.69, 9.17) is 0 Å². The van der Waals surface area contributed by atoms with Crippen LogP contribution in [0.1, 0.15) is 40.5 Å². The fraction of sp³-hybridized carbons (Fsp3) is 0.778. The molecule has 54 valence electrons. The predicted octanol–water partition coefficient (Wildman–Crippen LogP) is 3.39. The van der Waals surface area contributed by atoms with E-state index in [-0.39, 0.29) is 0 Å². The van der Waals surface area contributed by atoms with E-state index in [1.54, 1.807) is 5.57 Å². The second kappa shape index (κ2) is 4.60. The predicted molar refractivity (Wildman–Crippen MR) is 43.5 cm³/mol. The van der Waals surface area contributed by atoms with Gasteiger partial charge in [-0.2, -0.15) is 0 Å². The summed E-state index contributed by atoms with van der Waals surface area (Å²) >= 11 is 0. The van der Waals surface area contributed by atoms with Gasteiger partial charge in [0.25, 0.3) is 0 Å². The first kappa shape index (κ1) is 8.74. The third kappa shape index (κ3) is 4.26. The van der Waals surface area contributed by atoms with Gasteiger partial charge in [-0.3, -0.25) is 0 Å². The summed E-state index contributed by atoms with van der Waals surface area (Å²) in [6, 6.07) is 0. The first-order chi connectivity index (χ1) is 4.20. The number of hydrogen-bond donors (Lipinski definition) is 0. The lowest BCUT2D eigenvalue weighted by Gasteiger charge is -2.05. The van der Waals surface area contributed by atoms with Crippen molar-refractivity contribution < 1.29 is 0 Å². The van der Waals surface area contributed by atoms with E-state index in [0.717, 1.165) is 5.92 Å². The van der Waals surface area contributed by atoms with Crippen LogP contribution in [-0.2, 0) is 0 Å². The Morgan fingerprint density at radius 2 is 2.00 bits per heavy atom. The summed E-state index contributed by atoms with van der Waals surface area (Å²) in [7, 11) is 0. The number of hydrogen-bond acceptors (Lipinski definition) is 0. The van der Waals surface area contributed by atoms with Gasteiger partial charge in [-0.1, -0.05) is 32.4 Å². The zero-order valence-corrected chi connectivity index (χ0v) is 7.07. The standard InChI is InChI=1S/C9H18/c1-5-9(6-2)7-8(3)4/h5,8H,6-7H2,1-4H3/b9-5-. The van der Waals surface area contributed by atoms with Gasteiger partial charge in [-0.15, -0.1) is 0 Å². The van der Waals surface area contributed by atoms with E-state index in [0.29, 0.717) is 0 Å². The van der Waals surface area contributed by atoms with E-state index >= 15 is 0 Å². The highest BCUT2D eigenvalue weighted by molar-refractivity contribution is 4.99. The fourth-order valence-electron chi connectivity index (χ4n) is 0.991. The average Bonchev–Trinajstić information content (AvgIpc) is 1.82. The third-order valence-electron chi connectivity index (χ3n) is 1.53. The Morgan fingerprint density at radius 1 is 1.44 bits per heavy atom. The quantitative estimate of drug-likeness (QED) is 0.508. The van der Waals surface area contributed by atoms with Crippen LogP contribution in [-0.4, -0.2) is 0 Å². The minimum absolute atomic E-state index is 0.816. The summed E-state index contributed by atoms with van der Waals surface area (Å²) in [6.45, 7) is 8.87. The molecule has 0 saturated carbocycles. The molecule has 0 aliphatic carbocycles. The summed E-state index contributed by atoms with van der Waals surface area (Å²) in [5.74, 6) is 0.816. The maximum atomic E-state index is 2.26. The molecular formula is C9H18. The van der Waals surface area contributed by atoms with Crippen molar-refractivity contribution in [3.63, 3.8) is 0 Å². The van der Waals surface area contributed by atoms with Crippen LogP contribution < -0.4 is 0 Å². The minimum atomic E-state index is 0.816. The van der Waals surface area contributed by atoms with Crippen LogP contribution >= 0.6 is 0 Å². The molecule has 0 heteroatoms. The van der Waals surface area contributed by atoms with Crippen molar-refractivity contribution in [1.82, 2.24) is 0 Å². The van der Waals surface area contributed by atoms with Crippen LogP contribution in [0.15, 0.2) is 11.6 Å². The molecule has 0 aromatic rings. The zero-order chi connectivity index (χ0) is 7.28. The van der Waals surface area contributed by atoms with Crippen LogP contribution in [0.3, 0.4) is 0 Å². The van der Waals surface area contributed by atoms with Crippen LogP contribution in [0.25, 0.3) is 0 Å². The first-order valence-corrected chi connectivity index (χ1v) is 3.84. The van der Waals surface area contributed by atoms with Crippen molar-refractivity contribution in [3.8, 4) is 0 Å². The Morgan fingerprint density at radius 3 is 2.11 bits per heavy atom. The lowest BCUT2D eigenvalue weighted by Crippen LogP contribution is -1.89. The molecule has 0 radical (unpaired) electrons. The molecule has 0 aliphatic heterocycles. The van der Waals surface area contributed by atoms with Gasteiger partial charge in [0.05, 0.1) is 0 Å². The monoisotopic (exact) mass is 126 g/mol. The van der Waals surface area contributed by atoms with E-state index in [2.05, 4.69) is 33.8 Å². The number of rotatable bonds is 3. The first-order valence-electron chi connectivity index (χ1n) is 3.84. The average molecular weight is 126 g/mol. The topological polar surface area (TPSA) is 0 Å². The molecule has 0 nitrogen and oxygen atoms in total. The normalized spacial score (nSPS) is 12.8. The summed E-state index contributed by atoms with van der Waals surface area (Å²) in [5.41, 5.74) is 1.59. The SMILES string of the molecule is C/C=C(/CC)CC(C)C. The molecule has 0 N–H and O–H groups in total. The largest absolute Gasteiger partial charge is 0.0885 e. The van der Waals surface area contributed by atoms with Crippen LogP contribution in [0.5, 0.6) is 0 Å². The van der Waals surface area contributed by atoms with Gasteiger partial charge in [0.2, 0.25) is 0 Å². The molecular weight excluding hydrogens is 108 g/mol. The van der Waals surface area contributed by atoms with Crippen molar-refractivity contribution in [1.29, 1.82) is 0 Å². The molecule has 0 heterocycles. The minimum Gasteiger partial charge on any atom is -0.0885 e. The molecule has 0 aromatic carbocycles. The Balaban J connectivity index is 3.58. The van der Waals surface area contributed by atoms with Crippen molar-refractivity contribution in [2.75, 3.05) is 0 Å². The Kier molecular flexibility index (Phi) is 4.47. The van der Waals surface area contributed by atoms with Gasteiger partial charge in [-0.05, 0) is 25.7 Å². The molecule has 0 unspecified atom stereocenters. The van der Waals surface area contributed by atoms with Crippen LogP contribution in [0.4, 0.5) is 0 Å². The number of allylic oxidation sites excluding steroid dienone is 2. The molecule has 0 saturated heterocycles. The molecule has 0 spiro atoms. The fourth-order valence-corrected chi connectivity index (χ4v) is 0.991. The van der Waals surface area contributed by atoms with Gasteiger partial charge in [0.15, 0.2) is 0 Å². The van der Waals surface area contributed by atoms with Gasteiger partial charge in [0.1, 0.15) is 0 Å². The molecule has 0 atom stereocenters. The third-order valence-corrected chi connectivity index (χ3v) is 1.53. The zero-order valence-electron chi connectivity index (χ0n) is 7.07. The molecule has 0 aromatic heterocycles. The van der Waals surface area contributed by atoms with E-state index in [1.165, 1.54) is 12.8 Å². The highest BCUT2D eigenvalue weighted by Crippen LogP contribution is 2.12. The maximum Gasteiger partial charge on any atom is -0.0297 e. The molecule has 9 heavy (non-hydrogen) atoms. The summed E-state index contributed by atoms with van der Waals surface area (Å²) in [6.07, 6.45) is 4.72. The molecule has 0 aliphatic rings. The van der Waals surface area contributed by atoms with Gasteiger partial charge < -0.3 is 0 Å². The molecule has 0 rings (SSSR count). The van der Waals surface area contributed by atoms with Crippen molar-refractivity contribution in [2.24, 2.45) is 5.92 Å². The summed E-state index contributed by atoms with van der Waals surface area (Å²) < 4.78 is 0. The van der Waals surface area contributed by atoms with Gasteiger partial charge in [0, 0.05) is 0 Å². The Bertz CT molecular complexity index is 88.2. The Hall–Kier alpha value is -0.260. The van der Waals surface area contributed by atoms with Gasteiger partial charge >= 0.3 is 0 Å². The summed E-state index contributed by atoms with van der Waals surface area (Å²) in [4.78, 5) is 0. The van der Waals surface area contributed by atoms with Gasteiger partial charge in [-0.25, -0.2) is 0 Å². The smallest absolute Gasteiger partial charge is 0.0297 e. The van der Waals surface area contributed by atoms with Crippen LogP contribution in [0, 0.1) is 5.92 Å². The van der Waals surface area contributed by atoms with Crippen molar-refractivity contribution in [3.05, 3.63) is 11.6 Å². The Labute approximate surface area is 59.0 Å². The summed E-state index contributed by atoms with van der Waals surface area (Å²) in [5, 5.41) is 0. The second-order valence-corrected chi connectivity index (χ2v) is 2.90. The van der Waals surface area contributed by atoms with E-state index < -0.39 is 0 Å². The highest BCUT2D eigenvalue weighted by atomic mass is 14.0. The molecule has 0 bridgehead atoms. The maximum absolute atomic E-state index is 2.26. The highest BCUT2D eigenvalue weighted by Gasteiger charge is 1.95. The molecule has 0 fully saturated rings. The lowest BCUT2D eigenvalue weighted by atomic mass is 10.0. The van der Waals surface area contributed by atoms with E-state index in [1.807, 2.05) is 0 Å². The van der Waals surface area contributed by atoms with Crippen molar-refractivity contribution >= 4 is 0 Å². The van der Waals surface area contributed by atoms with Crippen LogP contribution in [0.2, 0.25) is 0 Å².